The Kier molecular flexibility index (Phi) is 5.07. The zero-order valence-corrected chi connectivity index (χ0v) is 13.9. The van der Waals surface area contributed by atoms with Crippen LogP contribution in [0.5, 0.6) is 0 Å². The molecule has 3 heteroatoms. The molecule has 0 radical (unpaired) electrons. The van der Waals surface area contributed by atoms with E-state index < -0.39 is 0 Å². The molecule has 0 aliphatic carbocycles. The number of hydrogen-bond donors (Lipinski definition) is 1. The molecule has 1 heterocycles. The summed E-state index contributed by atoms with van der Waals surface area (Å²) in [5, 5.41) is 4.83. The van der Waals surface area contributed by atoms with E-state index in [0.29, 0.717) is 6.10 Å². The van der Waals surface area contributed by atoms with Gasteiger partial charge in [-0.1, -0.05) is 6.07 Å². The van der Waals surface area contributed by atoms with E-state index in [1.165, 1.54) is 16.5 Å². The van der Waals surface area contributed by atoms with Crippen LogP contribution in [0.3, 0.4) is 0 Å². The third kappa shape index (κ3) is 4.87. The molecule has 0 saturated carbocycles. The van der Waals surface area contributed by atoms with Gasteiger partial charge >= 0.3 is 0 Å². The number of nitrogens with zero attached hydrogens (tertiary/aromatic N) is 1. The van der Waals surface area contributed by atoms with Gasteiger partial charge in [-0.3, -0.25) is 0 Å². The van der Waals surface area contributed by atoms with Crippen molar-refractivity contribution in [2.24, 2.45) is 0 Å². The third-order valence-corrected chi connectivity index (χ3v) is 3.44. The summed E-state index contributed by atoms with van der Waals surface area (Å²) in [6.45, 7) is 13.3. The van der Waals surface area contributed by atoms with E-state index in [2.05, 4.69) is 75.0 Å². The summed E-state index contributed by atoms with van der Waals surface area (Å²) >= 11 is 0. The van der Waals surface area contributed by atoms with Crippen LogP contribution >= 0.6 is 0 Å². The van der Waals surface area contributed by atoms with Crippen molar-refractivity contribution in [1.29, 1.82) is 0 Å². The van der Waals surface area contributed by atoms with E-state index in [-0.39, 0.29) is 5.54 Å². The fraction of sp³-hybridized carbons (Fsp3) is 0.556. The molecule has 0 unspecified atom stereocenters. The van der Waals surface area contributed by atoms with Gasteiger partial charge in [0.05, 0.1) is 12.7 Å². The van der Waals surface area contributed by atoms with Gasteiger partial charge in [-0.15, -0.1) is 0 Å². The van der Waals surface area contributed by atoms with Gasteiger partial charge in [0.15, 0.2) is 0 Å². The lowest BCUT2D eigenvalue weighted by Gasteiger charge is -2.20. The summed E-state index contributed by atoms with van der Waals surface area (Å²) in [5.41, 5.74) is 2.75. The van der Waals surface area contributed by atoms with Gasteiger partial charge in [0.2, 0.25) is 0 Å². The lowest BCUT2D eigenvalue weighted by atomic mass is 10.1. The molecule has 0 fully saturated rings. The summed E-state index contributed by atoms with van der Waals surface area (Å²) in [6, 6.07) is 8.88. The number of nitrogens with one attached hydrogen (secondary N) is 1. The first-order valence-corrected chi connectivity index (χ1v) is 7.79. The Hall–Kier alpha value is -1.32. The molecule has 1 N–H and O–H groups in total. The van der Waals surface area contributed by atoms with Gasteiger partial charge < -0.3 is 14.6 Å². The summed E-state index contributed by atoms with van der Waals surface area (Å²) in [4.78, 5) is 0. The van der Waals surface area contributed by atoms with Crippen LogP contribution in [0.2, 0.25) is 0 Å². The second-order valence-electron chi connectivity index (χ2n) is 6.93. The minimum absolute atomic E-state index is 0.148. The Morgan fingerprint density at radius 1 is 1.19 bits per heavy atom. The summed E-state index contributed by atoms with van der Waals surface area (Å²) in [6.07, 6.45) is 2.44. The van der Waals surface area contributed by atoms with Crippen molar-refractivity contribution >= 4 is 10.9 Å². The fourth-order valence-electron chi connectivity index (χ4n) is 2.31. The molecule has 3 nitrogen and oxygen atoms in total. The van der Waals surface area contributed by atoms with E-state index in [1.54, 1.807) is 0 Å². The number of hydrogen-bond acceptors (Lipinski definition) is 2. The van der Waals surface area contributed by atoms with E-state index in [0.717, 1.165) is 19.7 Å². The van der Waals surface area contributed by atoms with Crippen molar-refractivity contribution in [2.45, 2.75) is 59.4 Å². The minimum Gasteiger partial charge on any atom is -0.377 e. The number of benzene rings is 1. The van der Waals surface area contributed by atoms with E-state index >= 15 is 0 Å². The smallest absolute Gasteiger partial charge is 0.0649 e. The van der Waals surface area contributed by atoms with Gasteiger partial charge in [-0.05, 0) is 63.8 Å². The maximum absolute atomic E-state index is 5.63. The number of aromatic nitrogens is 1. The molecular formula is C18H28N2O. The lowest BCUT2D eigenvalue weighted by Crippen LogP contribution is -2.35. The second-order valence-corrected chi connectivity index (χ2v) is 6.93. The molecule has 116 valence electrons. The van der Waals surface area contributed by atoms with Crippen LogP contribution in [-0.2, 0) is 17.8 Å². The van der Waals surface area contributed by atoms with Gasteiger partial charge in [-0.25, -0.2) is 0 Å². The highest BCUT2D eigenvalue weighted by Crippen LogP contribution is 2.18. The minimum atomic E-state index is 0.148. The summed E-state index contributed by atoms with van der Waals surface area (Å²) in [5.74, 6) is 0. The SMILES string of the molecule is CC(C)OCCn1ccc2cc(CNC(C)(C)C)ccc21. The van der Waals surface area contributed by atoms with Gasteiger partial charge in [0.1, 0.15) is 0 Å². The molecule has 0 bridgehead atoms. The molecule has 0 aliphatic rings. The highest BCUT2D eigenvalue weighted by Gasteiger charge is 2.09. The monoisotopic (exact) mass is 288 g/mol. The lowest BCUT2D eigenvalue weighted by molar-refractivity contribution is 0.0733. The Bertz CT molecular complexity index is 578. The first-order chi connectivity index (χ1) is 9.85. The average molecular weight is 288 g/mol. The standard InChI is InChI=1S/C18H28N2O/c1-14(2)21-11-10-20-9-8-16-12-15(6-7-17(16)20)13-19-18(3,4)5/h6-9,12,14,19H,10-11,13H2,1-5H3. The van der Waals surface area contributed by atoms with Crippen LogP contribution in [0.4, 0.5) is 0 Å². The molecule has 0 spiro atoms. The molecule has 0 amide bonds. The van der Waals surface area contributed by atoms with E-state index in [9.17, 15) is 0 Å². The predicted octanol–water partition coefficient (Wildman–Crippen LogP) is 3.95. The van der Waals surface area contributed by atoms with Gasteiger partial charge in [-0.2, -0.15) is 0 Å². The molecule has 21 heavy (non-hydrogen) atoms. The van der Waals surface area contributed by atoms with Crippen LogP contribution in [0, 0.1) is 0 Å². The van der Waals surface area contributed by atoms with Gasteiger partial charge in [0, 0.05) is 30.3 Å². The molecule has 0 saturated heterocycles. The van der Waals surface area contributed by atoms with Crippen molar-refractivity contribution in [3.63, 3.8) is 0 Å². The Morgan fingerprint density at radius 3 is 2.62 bits per heavy atom. The first kappa shape index (κ1) is 16.1. The number of ether oxygens (including phenoxy) is 1. The number of rotatable bonds is 6. The van der Waals surface area contributed by atoms with Crippen molar-refractivity contribution in [3.8, 4) is 0 Å². The first-order valence-electron chi connectivity index (χ1n) is 7.79. The quantitative estimate of drug-likeness (QED) is 0.871. The number of fused-ring (bicyclic) bond motifs is 1. The van der Waals surface area contributed by atoms with Crippen LogP contribution in [0.1, 0.15) is 40.2 Å². The topological polar surface area (TPSA) is 26.2 Å². The third-order valence-electron chi connectivity index (χ3n) is 3.44. The predicted molar refractivity (Wildman–Crippen MR) is 89.6 cm³/mol. The summed E-state index contributed by atoms with van der Waals surface area (Å²) in [7, 11) is 0. The molecule has 0 atom stereocenters. The molecular weight excluding hydrogens is 260 g/mol. The summed E-state index contributed by atoms with van der Waals surface area (Å²) < 4.78 is 7.90. The zero-order chi connectivity index (χ0) is 15.5. The van der Waals surface area contributed by atoms with Crippen molar-refractivity contribution in [3.05, 3.63) is 36.0 Å². The maximum atomic E-state index is 5.63. The fourth-order valence-corrected chi connectivity index (χ4v) is 2.31. The molecule has 0 aliphatic heterocycles. The van der Waals surface area contributed by atoms with E-state index in [4.69, 9.17) is 4.74 Å². The Balaban J connectivity index is 2.04. The van der Waals surface area contributed by atoms with Crippen molar-refractivity contribution < 1.29 is 4.74 Å². The van der Waals surface area contributed by atoms with Gasteiger partial charge in [0.25, 0.3) is 0 Å². The normalized spacial score (nSPS) is 12.5. The highest BCUT2D eigenvalue weighted by atomic mass is 16.5. The zero-order valence-electron chi connectivity index (χ0n) is 13.9. The van der Waals surface area contributed by atoms with Crippen LogP contribution in [0.15, 0.2) is 30.5 Å². The van der Waals surface area contributed by atoms with Crippen molar-refractivity contribution in [1.82, 2.24) is 9.88 Å². The second kappa shape index (κ2) is 6.63. The maximum Gasteiger partial charge on any atom is 0.0649 e. The van der Waals surface area contributed by atoms with Crippen LogP contribution < -0.4 is 5.32 Å². The largest absolute Gasteiger partial charge is 0.377 e. The molecule has 1 aromatic carbocycles. The average Bonchev–Trinajstić information content (AvgIpc) is 2.78. The highest BCUT2D eigenvalue weighted by molar-refractivity contribution is 5.80. The van der Waals surface area contributed by atoms with E-state index in [1.807, 2.05) is 0 Å². The van der Waals surface area contributed by atoms with Crippen LogP contribution in [-0.4, -0.2) is 22.8 Å². The van der Waals surface area contributed by atoms with Crippen LogP contribution in [0.25, 0.3) is 10.9 Å². The van der Waals surface area contributed by atoms with Crippen molar-refractivity contribution in [2.75, 3.05) is 6.61 Å². The Morgan fingerprint density at radius 2 is 1.95 bits per heavy atom. The Labute approximate surface area is 128 Å². The molecule has 2 rings (SSSR count). The molecule has 2 aromatic rings. The molecule has 1 aromatic heterocycles.